The predicted molar refractivity (Wildman–Crippen MR) is 96.8 cm³/mol. The SMILES string of the molecule is O=C(NCCSC12CC3CC(CC(C3)C1)C2)Nc1ccccc1. The van der Waals surface area contributed by atoms with Crippen molar-refractivity contribution in [2.45, 2.75) is 43.3 Å². The molecule has 4 aliphatic rings. The largest absolute Gasteiger partial charge is 0.337 e. The number of carbonyl (C=O) groups excluding carboxylic acids is 1. The van der Waals surface area contributed by atoms with Gasteiger partial charge in [0, 0.05) is 22.7 Å². The van der Waals surface area contributed by atoms with Crippen molar-refractivity contribution in [2.24, 2.45) is 17.8 Å². The van der Waals surface area contributed by atoms with Crippen LogP contribution in [0.3, 0.4) is 0 Å². The van der Waals surface area contributed by atoms with E-state index in [2.05, 4.69) is 22.4 Å². The highest BCUT2D eigenvalue weighted by Crippen LogP contribution is 2.60. The Morgan fingerprint density at radius 2 is 1.65 bits per heavy atom. The average Bonchev–Trinajstić information content (AvgIpc) is 2.51. The molecular formula is C19H26N2OS. The molecule has 0 radical (unpaired) electrons. The summed E-state index contributed by atoms with van der Waals surface area (Å²) in [5, 5.41) is 5.87. The Morgan fingerprint density at radius 1 is 1.04 bits per heavy atom. The molecule has 0 aromatic heterocycles. The lowest BCUT2D eigenvalue weighted by atomic mass is 9.56. The Bertz CT molecular complexity index is 524. The van der Waals surface area contributed by atoms with Crippen LogP contribution < -0.4 is 10.6 Å². The number of hydrogen-bond donors (Lipinski definition) is 2. The molecule has 0 unspecified atom stereocenters. The highest BCUT2D eigenvalue weighted by Gasteiger charge is 2.50. The Morgan fingerprint density at radius 3 is 2.26 bits per heavy atom. The van der Waals surface area contributed by atoms with Gasteiger partial charge in [0.15, 0.2) is 0 Å². The van der Waals surface area contributed by atoms with Crippen LogP contribution in [0, 0.1) is 17.8 Å². The second-order valence-corrected chi connectivity index (χ2v) is 9.26. The fraction of sp³-hybridized carbons (Fsp3) is 0.632. The molecule has 4 heteroatoms. The van der Waals surface area contributed by atoms with Gasteiger partial charge in [0.25, 0.3) is 0 Å². The van der Waals surface area contributed by atoms with Gasteiger partial charge >= 0.3 is 6.03 Å². The quantitative estimate of drug-likeness (QED) is 0.780. The lowest BCUT2D eigenvalue weighted by molar-refractivity contribution is 0.0383. The fourth-order valence-electron chi connectivity index (χ4n) is 5.34. The van der Waals surface area contributed by atoms with Gasteiger partial charge in [-0.05, 0) is 68.4 Å². The summed E-state index contributed by atoms with van der Waals surface area (Å²) in [6.45, 7) is 0.755. The first-order valence-corrected chi connectivity index (χ1v) is 9.93. The van der Waals surface area contributed by atoms with Crippen molar-refractivity contribution in [3.63, 3.8) is 0 Å². The van der Waals surface area contributed by atoms with Gasteiger partial charge in [-0.3, -0.25) is 0 Å². The van der Waals surface area contributed by atoms with Crippen molar-refractivity contribution in [2.75, 3.05) is 17.6 Å². The van der Waals surface area contributed by atoms with E-state index >= 15 is 0 Å². The predicted octanol–water partition coefficient (Wildman–Crippen LogP) is 4.51. The monoisotopic (exact) mass is 330 g/mol. The van der Waals surface area contributed by atoms with Gasteiger partial charge in [0.1, 0.15) is 0 Å². The minimum atomic E-state index is -0.0951. The number of hydrogen-bond acceptors (Lipinski definition) is 2. The first-order valence-electron chi connectivity index (χ1n) is 8.95. The number of urea groups is 1. The number of thioether (sulfide) groups is 1. The van der Waals surface area contributed by atoms with Crippen LogP contribution in [0.4, 0.5) is 10.5 Å². The Balaban J connectivity index is 1.21. The third-order valence-electron chi connectivity index (χ3n) is 5.81. The zero-order valence-electron chi connectivity index (χ0n) is 13.6. The molecule has 4 fully saturated rings. The summed E-state index contributed by atoms with van der Waals surface area (Å²) in [6, 6.07) is 9.53. The van der Waals surface area contributed by atoms with Gasteiger partial charge in [-0.2, -0.15) is 11.8 Å². The maximum absolute atomic E-state index is 11.9. The lowest BCUT2D eigenvalue weighted by Gasteiger charge is -2.56. The number of para-hydroxylation sites is 1. The van der Waals surface area contributed by atoms with E-state index in [0.717, 1.165) is 35.7 Å². The Hall–Kier alpha value is -1.16. The molecule has 1 aromatic rings. The number of nitrogens with one attached hydrogen (secondary N) is 2. The molecule has 5 rings (SSSR count). The highest BCUT2D eigenvalue weighted by atomic mass is 32.2. The van der Waals surface area contributed by atoms with Crippen molar-refractivity contribution >= 4 is 23.5 Å². The fourth-order valence-corrected chi connectivity index (χ4v) is 7.03. The number of carbonyl (C=O) groups is 1. The third kappa shape index (κ3) is 3.52. The van der Waals surface area contributed by atoms with Crippen LogP contribution in [0.25, 0.3) is 0 Å². The molecule has 0 atom stereocenters. The number of rotatable bonds is 5. The number of amides is 2. The van der Waals surface area contributed by atoms with E-state index in [0.29, 0.717) is 4.75 Å². The van der Waals surface area contributed by atoms with Gasteiger partial charge in [-0.25, -0.2) is 4.79 Å². The maximum atomic E-state index is 11.9. The van der Waals surface area contributed by atoms with Crippen LogP contribution in [0.2, 0.25) is 0 Å². The molecule has 23 heavy (non-hydrogen) atoms. The number of anilines is 1. The van der Waals surface area contributed by atoms with Crippen molar-refractivity contribution in [3.8, 4) is 0 Å². The summed E-state index contributed by atoms with van der Waals surface area (Å²) in [4.78, 5) is 11.9. The van der Waals surface area contributed by atoms with Crippen LogP contribution in [0.1, 0.15) is 38.5 Å². The van der Waals surface area contributed by atoms with E-state index in [9.17, 15) is 4.79 Å². The lowest BCUT2D eigenvalue weighted by Crippen LogP contribution is -2.49. The molecule has 4 bridgehead atoms. The van der Waals surface area contributed by atoms with Crippen LogP contribution in [-0.4, -0.2) is 23.1 Å². The molecule has 0 heterocycles. The first-order chi connectivity index (χ1) is 11.2. The Kier molecular flexibility index (Phi) is 4.27. The molecular weight excluding hydrogens is 304 g/mol. The van der Waals surface area contributed by atoms with E-state index in [-0.39, 0.29) is 6.03 Å². The van der Waals surface area contributed by atoms with E-state index in [1.54, 1.807) is 0 Å². The maximum Gasteiger partial charge on any atom is 0.319 e. The average molecular weight is 330 g/mol. The van der Waals surface area contributed by atoms with Gasteiger partial charge < -0.3 is 10.6 Å². The summed E-state index contributed by atoms with van der Waals surface area (Å²) >= 11 is 2.14. The minimum absolute atomic E-state index is 0.0951. The second-order valence-electron chi connectivity index (χ2n) is 7.70. The minimum Gasteiger partial charge on any atom is -0.337 e. The van der Waals surface area contributed by atoms with Crippen LogP contribution >= 0.6 is 11.8 Å². The number of benzene rings is 1. The van der Waals surface area contributed by atoms with E-state index in [1.165, 1.54) is 38.5 Å². The molecule has 124 valence electrons. The molecule has 4 saturated carbocycles. The molecule has 4 aliphatic carbocycles. The molecule has 3 nitrogen and oxygen atoms in total. The molecule has 0 saturated heterocycles. The zero-order chi connectivity index (χ0) is 15.7. The highest BCUT2D eigenvalue weighted by molar-refractivity contribution is 8.00. The summed E-state index contributed by atoms with van der Waals surface area (Å²) in [7, 11) is 0. The third-order valence-corrected chi connectivity index (χ3v) is 7.33. The smallest absolute Gasteiger partial charge is 0.319 e. The van der Waals surface area contributed by atoms with Crippen molar-refractivity contribution in [3.05, 3.63) is 30.3 Å². The summed E-state index contributed by atoms with van der Waals surface area (Å²) in [5.74, 6) is 4.04. The summed E-state index contributed by atoms with van der Waals surface area (Å²) in [5.41, 5.74) is 0.846. The van der Waals surface area contributed by atoms with Gasteiger partial charge in [0.2, 0.25) is 0 Å². The van der Waals surface area contributed by atoms with Gasteiger partial charge in [-0.1, -0.05) is 18.2 Å². The molecule has 0 aliphatic heterocycles. The van der Waals surface area contributed by atoms with Gasteiger partial charge in [0.05, 0.1) is 0 Å². The summed E-state index contributed by atoms with van der Waals surface area (Å²) < 4.78 is 0.548. The van der Waals surface area contributed by atoms with Gasteiger partial charge in [-0.15, -0.1) is 0 Å². The standard InChI is InChI=1S/C19H26N2OS/c22-18(21-17-4-2-1-3-5-17)20-6-7-23-19-11-14-8-15(12-19)10-16(9-14)13-19/h1-5,14-16H,6-13H2,(H2,20,21,22). The molecule has 0 spiro atoms. The molecule has 1 aromatic carbocycles. The van der Waals surface area contributed by atoms with E-state index in [4.69, 9.17) is 0 Å². The van der Waals surface area contributed by atoms with Crippen LogP contribution in [0.15, 0.2) is 30.3 Å². The normalized spacial score (nSPS) is 34.3. The van der Waals surface area contributed by atoms with E-state index in [1.807, 2.05) is 30.3 Å². The zero-order valence-corrected chi connectivity index (χ0v) is 14.4. The van der Waals surface area contributed by atoms with Crippen molar-refractivity contribution in [1.29, 1.82) is 0 Å². The van der Waals surface area contributed by atoms with E-state index < -0.39 is 0 Å². The topological polar surface area (TPSA) is 41.1 Å². The molecule has 2 N–H and O–H groups in total. The first kappa shape index (κ1) is 15.4. The van der Waals surface area contributed by atoms with Crippen LogP contribution in [0.5, 0.6) is 0 Å². The summed E-state index contributed by atoms with van der Waals surface area (Å²) in [6.07, 6.45) is 8.78. The molecule has 2 amide bonds. The Labute approximate surface area is 143 Å². The van der Waals surface area contributed by atoms with Crippen molar-refractivity contribution in [1.82, 2.24) is 5.32 Å². The van der Waals surface area contributed by atoms with Crippen molar-refractivity contribution < 1.29 is 4.79 Å². The van der Waals surface area contributed by atoms with Crippen LogP contribution in [-0.2, 0) is 0 Å². The second kappa shape index (κ2) is 6.39.